The van der Waals surface area contributed by atoms with Crippen molar-refractivity contribution in [3.8, 4) is 11.1 Å². The molecule has 31 heavy (non-hydrogen) atoms. The maximum atomic E-state index is 13.6. The average Bonchev–Trinajstić information content (AvgIpc) is 2.97. The van der Waals surface area contributed by atoms with Crippen LogP contribution in [-0.4, -0.2) is 18.1 Å². The Morgan fingerprint density at radius 1 is 1.00 bits per heavy atom. The molecule has 0 saturated carbocycles. The lowest BCUT2D eigenvalue weighted by molar-refractivity contribution is -0.137. The third-order valence-corrected chi connectivity index (χ3v) is 5.36. The number of halogens is 5. The molecule has 0 amide bonds. The van der Waals surface area contributed by atoms with Gasteiger partial charge in [0.2, 0.25) is 6.43 Å². The highest BCUT2D eigenvalue weighted by Crippen LogP contribution is 2.40. The van der Waals surface area contributed by atoms with Crippen LogP contribution in [0.15, 0.2) is 47.5 Å². The largest absolute Gasteiger partial charge is 0.416 e. The Morgan fingerprint density at radius 2 is 1.74 bits per heavy atom. The minimum absolute atomic E-state index is 0.0200. The number of benzene rings is 3. The summed E-state index contributed by atoms with van der Waals surface area (Å²) in [5.41, 5.74) is 7.11. The molecule has 0 unspecified atom stereocenters. The fourth-order valence-corrected chi connectivity index (χ4v) is 3.95. The summed E-state index contributed by atoms with van der Waals surface area (Å²) < 4.78 is 66.8. The van der Waals surface area contributed by atoms with E-state index in [1.165, 1.54) is 6.07 Å². The zero-order valence-electron chi connectivity index (χ0n) is 16.4. The van der Waals surface area contributed by atoms with Crippen molar-refractivity contribution in [3.63, 3.8) is 0 Å². The van der Waals surface area contributed by atoms with Crippen molar-refractivity contribution < 1.29 is 22.0 Å². The van der Waals surface area contributed by atoms with Gasteiger partial charge in [0.1, 0.15) is 5.84 Å². The minimum Gasteiger partial charge on any atom is -0.383 e. The highest BCUT2D eigenvalue weighted by Gasteiger charge is 2.33. The number of alkyl halides is 5. The molecule has 0 aromatic heterocycles. The van der Waals surface area contributed by atoms with E-state index in [0.29, 0.717) is 33.9 Å². The second-order valence-electron chi connectivity index (χ2n) is 7.44. The molecule has 0 spiro atoms. The minimum atomic E-state index is -4.71. The van der Waals surface area contributed by atoms with E-state index in [2.05, 4.69) is 4.99 Å². The Kier molecular flexibility index (Phi) is 5.03. The predicted molar refractivity (Wildman–Crippen MR) is 111 cm³/mol. The van der Waals surface area contributed by atoms with Crippen LogP contribution >= 0.6 is 0 Å². The molecule has 3 N–H and O–H groups in total. The molecule has 1 aliphatic rings. The first-order chi connectivity index (χ1) is 14.6. The van der Waals surface area contributed by atoms with Gasteiger partial charge in [-0.2, -0.15) is 13.2 Å². The maximum Gasteiger partial charge on any atom is 0.416 e. The zero-order valence-corrected chi connectivity index (χ0v) is 16.4. The van der Waals surface area contributed by atoms with Crippen LogP contribution in [0, 0.1) is 5.41 Å². The molecule has 0 bridgehead atoms. The first kappa shape index (κ1) is 21.0. The van der Waals surface area contributed by atoms with Crippen LogP contribution in [0.2, 0.25) is 0 Å². The topological polar surface area (TPSA) is 62.2 Å². The first-order valence-electron chi connectivity index (χ1n) is 9.61. The maximum absolute atomic E-state index is 13.6. The molecular formula is C23H18F5N3. The molecule has 0 fully saturated rings. The van der Waals surface area contributed by atoms with E-state index in [-0.39, 0.29) is 22.8 Å². The first-order valence-corrected chi connectivity index (χ1v) is 9.61. The fourth-order valence-electron chi connectivity index (χ4n) is 3.95. The van der Waals surface area contributed by atoms with Crippen molar-refractivity contribution in [2.75, 3.05) is 0 Å². The number of hydrogen-bond acceptors (Lipinski definition) is 2. The average molecular weight is 431 g/mol. The molecule has 3 nitrogen and oxygen atoms in total. The van der Waals surface area contributed by atoms with Gasteiger partial charge in [-0.05, 0) is 52.1 Å². The van der Waals surface area contributed by atoms with Crippen LogP contribution in [0.3, 0.4) is 0 Å². The van der Waals surface area contributed by atoms with Crippen molar-refractivity contribution in [1.29, 1.82) is 5.41 Å². The standard InChI is InChI=1S/C23H18F5N3/c1-2-11-3-4-13-10-17-20(22(30)31-21(17)29)19(16(13)7-11)14-5-12(8-18(24)25)6-15(9-14)23(26,27)28/h3-7,9-10,18H,2,8H2,1H3,(H3,29,30,31). The number of nitrogens with two attached hydrogens (primary N) is 1. The molecule has 0 atom stereocenters. The third-order valence-electron chi connectivity index (χ3n) is 5.36. The van der Waals surface area contributed by atoms with E-state index >= 15 is 0 Å². The number of nitrogens with one attached hydrogen (secondary N) is 1. The second kappa shape index (κ2) is 7.44. The summed E-state index contributed by atoms with van der Waals surface area (Å²) in [5.74, 6) is -0.0679. The number of aryl methyl sites for hydroxylation is 1. The summed E-state index contributed by atoms with van der Waals surface area (Å²) in [6.07, 6.45) is -7.60. The summed E-state index contributed by atoms with van der Waals surface area (Å²) in [6.45, 7) is 1.95. The number of rotatable bonds is 4. The van der Waals surface area contributed by atoms with Gasteiger partial charge >= 0.3 is 6.18 Å². The number of amidine groups is 2. The Balaban J connectivity index is 2.11. The van der Waals surface area contributed by atoms with E-state index in [4.69, 9.17) is 11.1 Å². The lowest BCUT2D eigenvalue weighted by atomic mass is 9.87. The zero-order chi connectivity index (χ0) is 22.5. The van der Waals surface area contributed by atoms with Crippen LogP contribution in [-0.2, 0) is 19.0 Å². The highest BCUT2D eigenvalue weighted by molar-refractivity contribution is 6.27. The van der Waals surface area contributed by atoms with Gasteiger partial charge in [-0.3, -0.25) is 5.41 Å². The van der Waals surface area contributed by atoms with Crippen molar-refractivity contribution in [3.05, 3.63) is 70.3 Å². The predicted octanol–water partition coefficient (Wildman–Crippen LogP) is 5.94. The smallest absolute Gasteiger partial charge is 0.383 e. The molecule has 3 aromatic carbocycles. The lowest BCUT2D eigenvalue weighted by Crippen LogP contribution is -2.13. The molecule has 160 valence electrons. The highest BCUT2D eigenvalue weighted by atomic mass is 19.4. The van der Waals surface area contributed by atoms with Crippen LogP contribution in [0.5, 0.6) is 0 Å². The summed E-state index contributed by atoms with van der Waals surface area (Å²) >= 11 is 0. The second-order valence-corrected chi connectivity index (χ2v) is 7.44. The van der Waals surface area contributed by atoms with Crippen LogP contribution in [0.4, 0.5) is 22.0 Å². The monoisotopic (exact) mass is 431 g/mol. The summed E-state index contributed by atoms with van der Waals surface area (Å²) in [7, 11) is 0. The number of hydrogen-bond donors (Lipinski definition) is 2. The molecule has 1 heterocycles. The van der Waals surface area contributed by atoms with Gasteiger partial charge in [0, 0.05) is 23.1 Å². The lowest BCUT2D eigenvalue weighted by Gasteiger charge is -2.17. The van der Waals surface area contributed by atoms with Crippen LogP contribution in [0.1, 0.15) is 34.7 Å². The Morgan fingerprint density at radius 3 is 2.39 bits per heavy atom. The van der Waals surface area contributed by atoms with Crippen molar-refractivity contribution >= 4 is 22.4 Å². The van der Waals surface area contributed by atoms with Crippen LogP contribution in [0.25, 0.3) is 21.9 Å². The van der Waals surface area contributed by atoms with E-state index < -0.39 is 24.6 Å². The Labute approximate surface area is 174 Å². The summed E-state index contributed by atoms with van der Waals surface area (Å²) in [4.78, 5) is 3.99. The molecule has 0 aliphatic carbocycles. The van der Waals surface area contributed by atoms with Gasteiger partial charge in [0.15, 0.2) is 5.84 Å². The SMILES string of the molecule is CCc1ccc2cc3c(c(-c4cc(CC(F)F)cc(C(F)(F)F)c4)c2c1)C(N)=NC3=N. The van der Waals surface area contributed by atoms with E-state index in [0.717, 1.165) is 17.7 Å². The Bertz CT molecular complexity index is 1240. The van der Waals surface area contributed by atoms with Gasteiger partial charge in [0.25, 0.3) is 0 Å². The summed E-state index contributed by atoms with van der Waals surface area (Å²) in [6, 6.07) is 10.3. The van der Waals surface area contributed by atoms with Gasteiger partial charge in [-0.15, -0.1) is 0 Å². The quantitative estimate of drug-likeness (QED) is 0.494. The van der Waals surface area contributed by atoms with E-state index in [1.807, 2.05) is 25.1 Å². The number of fused-ring (bicyclic) bond motifs is 2. The molecule has 0 radical (unpaired) electrons. The van der Waals surface area contributed by atoms with E-state index in [9.17, 15) is 22.0 Å². The van der Waals surface area contributed by atoms with E-state index in [1.54, 1.807) is 6.07 Å². The molecular weight excluding hydrogens is 413 g/mol. The summed E-state index contributed by atoms with van der Waals surface area (Å²) in [5, 5.41) is 9.44. The molecule has 4 rings (SSSR count). The van der Waals surface area contributed by atoms with Gasteiger partial charge < -0.3 is 5.73 Å². The molecule has 0 saturated heterocycles. The van der Waals surface area contributed by atoms with Gasteiger partial charge in [-0.25, -0.2) is 13.8 Å². The number of aliphatic imine (C=N–C) groups is 1. The van der Waals surface area contributed by atoms with Crippen LogP contribution < -0.4 is 5.73 Å². The number of nitrogens with zero attached hydrogens (tertiary/aromatic N) is 1. The third kappa shape index (κ3) is 3.78. The molecule has 8 heteroatoms. The Hall–Kier alpha value is -3.29. The molecule has 3 aromatic rings. The van der Waals surface area contributed by atoms with Crippen molar-refractivity contribution in [1.82, 2.24) is 0 Å². The van der Waals surface area contributed by atoms with Gasteiger partial charge in [0.05, 0.1) is 5.56 Å². The van der Waals surface area contributed by atoms with Crippen molar-refractivity contribution in [2.45, 2.75) is 32.4 Å². The van der Waals surface area contributed by atoms with Crippen molar-refractivity contribution in [2.24, 2.45) is 10.7 Å². The van der Waals surface area contributed by atoms with Gasteiger partial charge in [-0.1, -0.05) is 31.2 Å². The molecule has 1 aliphatic heterocycles. The normalized spacial score (nSPS) is 13.8. The fraction of sp³-hybridized carbons (Fsp3) is 0.217.